The molecule has 0 aliphatic carbocycles. The van der Waals surface area contributed by atoms with E-state index in [-0.39, 0.29) is 28.6 Å². The predicted octanol–water partition coefficient (Wildman–Crippen LogP) is 5.33. The van der Waals surface area contributed by atoms with Gasteiger partial charge in [-0.1, -0.05) is 23.8 Å². The van der Waals surface area contributed by atoms with Crippen LogP contribution in [0.1, 0.15) is 29.2 Å². The number of nitrogens with one attached hydrogen (secondary N) is 1. The van der Waals surface area contributed by atoms with E-state index in [2.05, 4.69) is 5.32 Å². The van der Waals surface area contributed by atoms with Crippen molar-refractivity contribution >= 4 is 27.8 Å². The number of anilines is 1. The summed E-state index contributed by atoms with van der Waals surface area (Å²) in [5.41, 5.74) is 3.84. The molecule has 8 nitrogen and oxygen atoms in total. The minimum atomic E-state index is -4.15. The Morgan fingerprint density at radius 1 is 1.00 bits per heavy atom. The molecule has 0 fully saturated rings. The van der Waals surface area contributed by atoms with Gasteiger partial charge in [0.1, 0.15) is 22.3 Å². The van der Waals surface area contributed by atoms with E-state index in [0.717, 1.165) is 16.7 Å². The highest BCUT2D eigenvalue weighted by Crippen LogP contribution is 2.32. The topological polar surface area (TPSA) is 115 Å². The van der Waals surface area contributed by atoms with Crippen molar-refractivity contribution in [3.63, 3.8) is 0 Å². The number of hydrogen-bond donors (Lipinski definition) is 1. The number of rotatable bonds is 9. The highest BCUT2D eigenvalue weighted by Gasteiger charge is 2.20. The van der Waals surface area contributed by atoms with Crippen LogP contribution in [0, 0.1) is 32.1 Å². The Kier molecular flexibility index (Phi) is 8.58. The van der Waals surface area contributed by atoms with Gasteiger partial charge >= 0.3 is 10.1 Å². The van der Waals surface area contributed by atoms with Gasteiger partial charge in [0.05, 0.1) is 13.7 Å². The van der Waals surface area contributed by atoms with Crippen molar-refractivity contribution in [2.75, 3.05) is 19.0 Å². The lowest BCUT2D eigenvalue weighted by Crippen LogP contribution is -2.15. The SMILES string of the molecule is CCOc1cc(/C=C(\C#N)C(=O)Nc2c(C)cc(C)cc2C)ccc1OS(=O)(=O)c1ccc(OC)cc1. The van der Waals surface area contributed by atoms with Crippen LogP contribution in [0.5, 0.6) is 17.2 Å². The summed E-state index contributed by atoms with van der Waals surface area (Å²) < 4.78 is 41.5. The molecule has 192 valence electrons. The summed E-state index contributed by atoms with van der Waals surface area (Å²) >= 11 is 0. The summed E-state index contributed by atoms with van der Waals surface area (Å²) in [6.45, 7) is 7.73. The maximum absolute atomic E-state index is 12.9. The monoisotopic (exact) mass is 520 g/mol. The molecule has 1 N–H and O–H groups in total. The van der Waals surface area contributed by atoms with Crippen LogP contribution in [-0.2, 0) is 14.9 Å². The largest absolute Gasteiger partial charge is 0.497 e. The minimum absolute atomic E-state index is 0.0244. The van der Waals surface area contributed by atoms with E-state index in [1.54, 1.807) is 6.92 Å². The normalized spacial score (nSPS) is 11.4. The molecule has 9 heteroatoms. The van der Waals surface area contributed by atoms with E-state index in [0.29, 0.717) is 17.0 Å². The molecular formula is C28H28N2O6S. The standard InChI is InChI=1S/C28H28N2O6S/c1-6-35-26-16-21(7-12-25(26)36-37(32,33)24-10-8-23(34-5)9-11-24)15-22(17-29)28(31)30-27-19(3)13-18(2)14-20(27)4/h7-16H,6H2,1-5H3,(H,30,31)/b22-15+. The van der Waals surface area contributed by atoms with Crippen molar-refractivity contribution in [3.8, 4) is 23.3 Å². The fraction of sp³-hybridized carbons (Fsp3) is 0.214. The first-order valence-electron chi connectivity index (χ1n) is 11.4. The Balaban J connectivity index is 1.89. The molecule has 0 aromatic heterocycles. The highest BCUT2D eigenvalue weighted by atomic mass is 32.2. The lowest BCUT2D eigenvalue weighted by atomic mass is 10.0. The van der Waals surface area contributed by atoms with Crippen LogP contribution in [0.2, 0.25) is 0 Å². The quantitative estimate of drug-likeness (QED) is 0.230. The average molecular weight is 521 g/mol. The van der Waals surface area contributed by atoms with Crippen LogP contribution < -0.4 is 19.0 Å². The number of aryl methyl sites for hydroxylation is 3. The molecule has 0 aliphatic rings. The van der Waals surface area contributed by atoms with Crippen molar-refractivity contribution in [1.82, 2.24) is 0 Å². The van der Waals surface area contributed by atoms with Crippen LogP contribution in [0.15, 0.2) is 65.1 Å². The minimum Gasteiger partial charge on any atom is -0.497 e. The van der Waals surface area contributed by atoms with Gasteiger partial charge in [0.25, 0.3) is 5.91 Å². The molecule has 0 spiro atoms. The number of benzene rings is 3. The summed E-state index contributed by atoms with van der Waals surface area (Å²) in [6, 6.07) is 16.1. The Labute approximate surface area is 217 Å². The summed E-state index contributed by atoms with van der Waals surface area (Å²) in [5, 5.41) is 12.5. The van der Waals surface area contributed by atoms with Gasteiger partial charge in [0, 0.05) is 5.69 Å². The Morgan fingerprint density at radius 2 is 1.65 bits per heavy atom. The van der Waals surface area contributed by atoms with Gasteiger partial charge in [0.15, 0.2) is 11.5 Å². The molecule has 3 aromatic carbocycles. The smallest absolute Gasteiger partial charge is 0.339 e. The van der Waals surface area contributed by atoms with Gasteiger partial charge in [-0.3, -0.25) is 4.79 Å². The van der Waals surface area contributed by atoms with Crippen LogP contribution in [-0.4, -0.2) is 28.0 Å². The number of carbonyl (C=O) groups is 1. The van der Waals surface area contributed by atoms with Gasteiger partial charge in [-0.25, -0.2) is 0 Å². The number of hydrogen-bond acceptors (Lipinski definition) is 7. The molecule has 0 saturated heterocycles. The zero-order valence-electron chi connectivity index (χ0n) is 21.3. The first-order valence-corrected chi connectivity index (χ1v) is 12.8. The summed E-state index contributed by atoms with van der Waals surface area (Å²) in [7, 11) is -2.66. The van der Waals surface area contributed by atoms with Crippen LogP contribution >= 0.6 is 0 Å². The Hall–Kier alpha value is -4.29. The Morgan fingerprint density at radius 3 is 2.22 bits per heavy atom. The summed E-state index contributed by atoms with van der Waals surface area (Å²) in [6.07, 6.45) is 1.40. The van der Waals surface area contributed by atoms with Crippen molar-refractivity contribution in [1.29, 1.82) is 5.26 Å². The Bertz CT molecular complexity index is 1460. The maximum Gasteiger partial charge on any atom is 0.339 e. The lowest BCUT2D eigenvalue weighted by molar-refractivity contribution is -0.112. The van der Waals surface area contributed by atoms with Crippen molar-refractivity contribution in [2.24, 2.45) is 0 Å². The lowest BCUT2D eigenvalue weighted by Gasteiger charge is -2.14. The third kappa shape index (κ3) is 6.68. The molecule has 0 radical (unpaired) electrons. The second-order valence-corrected chi connectivity index (χ2v) is 9.80. The van der Waals surface area contributed by atoms with Crippen molar-refractivity contribution in [3.05, 3.63) is 82.4 Å². The van der Waals surface area contributed by atoms with E-state index in [1.807, 2.05) is 39.0 Å². The van der Waals surface area contributed by atoms with Crippen LogP contribution in [0.25, 0.3) is 6.08 Å². The molecule has 3 aromatic rings. The first kappa shape index (κ1) is 27.3. The van der Waals surface area contributed by atoms with E-state index in [1.165, 1.54) is 55.7 Å². The molecule has 0 atom stereocenters. The van der Waals surface area contributed by atoms with Gasteiger partial charge in [-0.05, 0) is 86.9 Å². The van der Waals surface area contributed by atoms with E-state index < -0.39 is 16.0 Å². The molecule has 0 unspecified atom stereocenters. The fourth-order valence-corrected chi connectivity index (χ4v) is 4.67. The second-order valence-electron chi connectivity index (χ2n) is 8.25. The van der Waals surface area contributed by atoms with Crippen molar-refractivity contribution < 1.29 is 26.9 Å². The molecule has 3 rings (SSSR count). The van der Waals surface area contributed by atoms with Crippen molar-refractivity contribution in [2.45, 2.75) is 32.6 Å². The number of ether oxygens (including phenoxy) is 2. The average Bonchev–Trinajstić information content (AvgIpc) is 2.86. The third-order valence-electron chi connectivity index (χ3n) is 5.41. The predicted molar refractivity (Wildman–Crippen MR) is 141 cm³/mol. The molecule has 0 aliphatic heterocycles. The summed E-state index contributed by atoms with van der Waals surface area (Å²) in [4.78, 5) is 12.8. The molecule has 0 saturated carbocycles. The van der Waals surface area contributed by atoms with Gasteiger partial charge in [-0.15, -0.1) is 0 Å². The number of nitrogens with zero attached hydrogens (tertiary/aromatic N) is 1. The molecule has 1 amide bonds. The molecule has 0 heterocycles. The maximum atomic E-state index is 12.9. The highest BCUT2D eigenvalue weighted by molar-refractivity contribution is 7.87. The van der Waals surface area contributed by atoms with E-state index in [9.17, 15) is 18.5 Å². The second kappa shape index (κ2) is 11.6. The van der Waals surface area contributed by atoms with Gasteiger partial charge in [-0.2, -0.15) is 13.7 Å². The van der Waals surface area contributed by atoms with Crippen LogP contribution in [0.4, 0.5) is 5.69 Å². The van der Waals surface area contributed by atoms with Gasteiger partial charge in [0.2, 0.25) is 0 Å². The number of methoxy groups -OCH3 is 1. The summed E-state index contributed by atoms with van der Waals surface area (Å²) in [5.74, 6) is 0.0768. The zero-order valence-corrected chi connectivity index (χ0v) is 22.1. The number of carbonyl (C=O) groups excluding carboxylic acids is 1. The van der Waals surface area contributed by atoms with Gasteiger partial charge < -0.3 is 19.0 Å². The first-order chi connectivity index (χ1) is 17.6. The number of nitriles is 1. The third-order valence-corrected chi connectivity index (χ3v) is 6.66. The molecule has 0 bridgehead atoms. The van der Waals surface area contributed by atoms with E-state index >= 15 is 0 Å². The zero-order chi connectivity index (χ0) is 27.2. The fourth-order valence-electron chi connectivity index (χ4n) is 3.73. The molecular weight excluding hydrogens is 492 g/mol. The van der Waals surface area contributed by atoms with E-state index in [4.69, 9.17) is 13.7 Å². The number of amides is 1. The molecule has 37 heavy (non-hydrogen) atoms. The van der Waals surface area contributed by atoms with Crippen LogP contribution in [0.3, 0.4) is 0 Å².